The molecule has 0 saturated carbocycles. The third-order valence-corrected chi connectivity index (χ3v) is 3.83. The SMILES string of the molecule is CC(C)(C)CCN1CCN(c2ccnc(Cl)c2)CC1. The van der Waals surface area contributed by atoms with Crippen molar-refractivity contribution in [2.24, 2.45) is 5.41 Å². The molecule has 0 spiro atoms. The van der Waals surface area contributed by atoms with Crippen molar-refractivity contribution >= 4 is 17.3 Å². The molecule has 0 N–H and O–H groups in total. The molecule has 0 unspecified atom stereocenters. The summed E-state index contributed by atoms with van der Waals surface area (Å²) in [6.07, 6.45) is 3.04. The zero-order valence-electron chi connectivity index (χ0n) is 12.2. The number of halogens is 1. The van der Waals surface area contributed by atoms with Crippen molar-refractivity contribution in [3.8, 4) is 0 Å². The predicted octanol–water partition coefficient (Wildman–Crippen LogP) is 3.29. The fraction of sp³-hybridized carbons (Fsp3) is 0.667. The number of pyridine rings is 1. The second kappa shape index (κ2) is 6.10. The van der Waals surface area contributed by atoms with Gasteiger partial charge in [-0.25, -0.2) is 4.98 Å². The number of nitrogens with zero attached hydrogens (tertiary/aromatic N) is 3. The first-order valence-electron chi connectivity index (χ1n) is 7.03. The lowest BCUT2D eigenvalue weighted by Gasteiger charge is -2.37. The Balaban J connectivity index is 1.82. The van der Waals surface area contributed by atoms with Gasteiger partial charge in [0.05, 0.1) is 0 Å². The van der Waals surface area contributed by atoms with Crippen LogP contribution >= 0.6 is 11.6 Å². The van der Waals surface area contributed by atoms with Crippen molar-refractivity contribution in [3.63, 3.8) is 0 Å². The first kappa shape index (κ1) is 14.6. The minimum atomic E-state index is 0.426. The van der Waals surface area contributed by atoms with Gasteiger partial charge in [-0.1, -0.05) is 32.4 Å². The minimum absolute atomic E-state index is 0.426. The van der Waals surface area contributed by atoms with Crippen LogP contribution in [0.2, 0.25) is 5.15 Å². The van der Waals surface area contributed by atoms with Gasteiger partial charge < -0.3 is 4.90 Å². The maximum atomic E-state index is 5.94. The van der Waals surface area contributed by atoms with E-state index in [9.17, 15) is 0 Å². The molecule has 19 heavy (non-hydrogen) atoms. The molecular formula is C15H24ClN3. The van der Waals surface area contributed by atoms with Gasteiger partial charge in [0.1, 0.15) is 5.15 Å². The molecule has 1 aromatic heterocycles. The van der Waals surface area contributed by atoms with Crippen LogP contribution in [0.5, 0.6) is 0 Å². The molecule has 106 valence electrons. The molecule has 0 atom stereocenters. The summed E-state index contributed by atoms with van der Waals surface area (Å²) in [5.74, 6) is 0. The van der Waals surface area contributed by atoms with E-state index in [0.29, 0.717) is 10.6 Å². The van der Waals surface area contributed by atoms with Crippen LogP contribution in [0.1, 0.15) is 27.2 Å². The molecule has 0 radical (unpaired) electrons. The molecule has 3 nitrogen and oxygen atoms in total. The van der Waals surface area contributed by atoms with Crippen LogP contribution < -0.4 is 4.90 Å². The fourth-order valence-electron chi connectivity index (χ4n) is 2.31. The Labute approximate surface area is 121 Å². The Hall–Kier alpha value is -0.800. The number of aromatic nitrogens is 1. The Morgan fingerprint density at radius 3 is 2.47 bits per heavy atom. The highest BCUT2D eigenvalue weighted by Gasteiger charge is 2.19. The Morgan fingerprint density at radius 1 is 1.21 bits per heavy atom. The molecule has 4 heteroatoms. The lowest BCUT2D eigenvalue weighted by Crippen LogP contribution is -2.47. The molecule has 2 rings (SSSR count). The maximum Gasteiger partial charge on any atom is 0.131 e. The molecule has 1 aliphatic heterocycles. The van der Waals surface area contributed by atoms with E-state index in [-0.39, 0.29) is 0 Å². The molecule has 0 aliphatic carbocycles. The summed E-state index contributed by atoms with van der Waals surface area (Å²) in [5, 5.41) is 0.577. The zero-order valence-corrected chi connectivity index (χ0v) is 13.0. The Kier molecular flexibility index (Phi) is 4.69. The lowest BCUT2D eigenvalue weighted by atomic mass is 9.92. The van der Waals surface area contributed by atoms with Crippen LogP contribution in [-0.2, 0) is 0 Å². The average Bonchev–Trinajstić information content (AvgIpc) is 2.36. The quantitative estimate of drug-likeness (QED) is 0.793. The number of hydrogen-bond donors (Lipinski definition) is 0. The summed E-state index contributed by atoms with van der Waals surface area (Å²) in [5.41, 5.74) is 1.62. The third-order valence-electron chi connectivity index (χ3n) is 3.63. The van der Waals surface area contributed by atoms with Gasteiger partial charge >= 0.3 is 0 Å². The lowest BCUT2D eigenvalue weighted by molar-refractivity contribution is 0.217. The highest BCUT2D eigenvalue weighted by Crippen LogP contribution is 2.21. The smallest absolute Gasteiger partial charge is 0.131 e. The monoisotopic (exact) mass is 281 g/mol. The Morgan fingerprint density at radius 2 is 1.89 bits per heavy atom. The van der Waals surface area contributed by atoms with E-state index in [1.165, 1.54) is 18.7 Å². The summed E-state index contributed by atoms with van der Waals surface area (Å²) in [6, 6.07) is 3.99. The molecule has 0 amide bonds. The maximum absolute atomic E-state index is 5.94. The number of rotatable bonds is 3. The highest BCUT2D eigenvalue weighted by molar-refractivity contribution is 6.29. The standard InChI is InChI=1S/C15H24ClN3/c1-15(2,3)5-7-18-8-10-19(11-9-18)13-4-6-17-14(16)12-13/h4,6,12H,5,7-11H2,1-3H3. The van der Waals surface area contributed by atoms with Gasteiger partial charge in [0.15, 0.2) is 0 Å². The second-order valence-electron chi connectivity index (χ2n) is 6.48. The van der Waals surface area contributed by atoms with Crippen molar-refractivity contribution in [2.45, 2.75) is 27.2 Å². The van der Waals surface area contributed by atoms with Gasteiger partial charge in [0, 0.05) is 38.1 Å². The van der Waals surface area contributed by atoms with Crippen molar-refractivity contribution in [3.05, 3.63) is 23.5 Å². The van der Waals surface area contributed by atoms with Gasteiger partial charge in [-0.2, -0.15) is 0 Å². The average molecular weight is 282 g/mol. The van der Waals surface area contributed by atoms with Crippen LogP contribution in [0, 0.1) is 5.41 Å². The number of piperazine rings is 1. The van der Waals surface area contributed by atoms with E-state index in [1.54, 1.807) is 6.20 Å². The molecule has 0 bridgehead atoms. The van der Waals surface area contributed by atoms with Gasteiger partial charge in [0.2, 0.25) is 0 Å². The summed E-state index contributed by atoms with van der Waals surface area (Å²) in [6.45, 7) is 12.5. The van der Waals surface area contributed by atoms with E-state index in [2.05, 4.69) is 35.6 Å². The molecular weight excluding hydrogens is 258 g/mol. The van der Waals surface area contributed by atoms with E-state index in [0.717, 1.165) is 26.2 Å². The molecule has 0 aromatic carbocycles. The van der Waals surface area contributed by atoms with E-state index in [1.807, 2.05) is 12.1 Å². The van der Waals surface area contributed by atoms with E-state index in [4.69, 9.17) is 11.6 Å². The highest BCUT2D eigenvalue weighted by atomic mass is 35.5. The second-order valence-corrected chi connectivity index (χ2v) is 6.86. The molecule has 1 aliphatic rings. The predicted molar refractivity (Wildman–Crippen MR) is 82.0 cm³/mol. The van der Waals surface area contributed by atoms with Crippen LogP contribution in [0.4, 0.5) is 5.69 Å². The third kappa shape index (κ3) is 4.66. The summed E-state index contributed by atoms with van der Waals surface area (Å²) in [4.78, 5) is 8.98. The molecule has 1 saturated heterocycles. The van der Waals surface area contributed by atoms with Crippen LogP contribution in [-0.4, -0.2) is 42.6 Å². The van der Waals surface area contributed by atoms with Gasteiger partial charge in [-0.3, -0.25) is 4.90 Å². The van der Waals surface area contributed by atoms with Crippen molar-refractivity contribution in [1.82, 2.24) is 9.88 Å². The normalized spacial score (nSPS) is 17.8. The molecule has 1 aromatic rings. The molecule has 2 heterocycles. The molecule has 1 fully saturated rings. The van der Waals surface area contributed by atoms with Crippen LogP contribution in [0.3, 0.4) is 0 Å². The summed E-state index contributed by atoms with van der Waals surface area (Å²) < 4.78 is 0. The van der Waals surface area contributed by atoms with E-state index < -0.39 is 0 Å². The number of hydrogen-bond acceptors (Lipinski definition) is 3. The van der Waals surface area contributed by atoms with Crippen molar-refractivity contribution < 1.29 is 0 Å². The first-order chi connectivity index (χ1) is 8.94. The minimum Gasteiger partial charge on any atom is -0.369 e. The van der Waals surface area contributed by atoms with Gasteiger partial charge in [-0.05, 0) is 30.5 Å². The van der Waals surface area contributed by atoms with E-state index >= 15 is 0 Å². The number of anilines is 1. The van der Waals surface area contributed by atoms with Gasteiger partial charge in [0.25, 0.3) is 0 Å². The summed E-state index contributed by atoms with van der Waals surface area (Å²) >= 11 is 5.94. The van der Waals surface area contributed by atoms with Crippen molar-refractivity contribution in [2.75, 3.05) is 37.6 Å². The summed E-state index contributed by atoms with van der Waals surface area (Å²) in [7, 11) is 0. The van der Waals surface area contributed by atoms with Crippen LogP contribution in [0.15, 0.2) is 18.3 Å². The Bertz CT molecular complexity index is 406. The topological polar surface area (TPSA) is 19.4 Å². The van der Waals surface area contributed by atoms with Gasteiger partial charge in [-0.15, -0.1) is 0 Å². The zero-order chi connectivity index (χ0) is 13.9. The largest absolute Gasteiger partial charge is 0.369 e. The fourth-order valence-corrected chi connectivity index (χ4v) is 2.48. The van der Waals surface area contributed by atoms with Crippen LogP contribution in [0.25, 0.3) is 0 Å². The van der Waals surface area contributed by atoms with Crippen molar-refractivity contribution in [1.29, 1.82) is 0 Å². The first-order valence-corrected chi connectivity index (χ1v) is 7.41.